The quantitative estimate of drug-likeness (QED) is 0.852. The number of carbonyl (C=O) groups is 2. The first-order valence-electron chi connectivity index (χ1n) is 7.30. The Morgan fingerprint density at radius 2 is 2.24 bits per heavy atom. The third-order valence-corrected chi connectivity index (χ3v) is 3.99. The van der Waals surface area contributed by atoms with E-state index in [2.05, 4.69) is 9.55 Å². The van der Waals surface area contributed by atoms with Crippen LogP contribution in [-0.4, -0.2) is 57.2 Å². The van der Waals surface area contributed by atoms with E-state index in [-0.39, 0.29) is 25.5 Å². The van der Waals surface area contributed by atoms with Crippen molar-refractivity contribution in [2.24, 2.45) is 0 Å². The van der Waals surface area contributed by atoms with Gasteiger partial charge in [0.15, 0.2) is 6.10 Å². The van der Waals surface area contributed by atoms with Crippen LogP contribution in [0.1, 0.15) is 24.4 Å². The van der Waals surface area contributed by atoms with E-state index in [0.29, 0.717) is 6.54 Å². The summed E-state index contributed by atoms with van der Waals surface area (Å²) in [6.45, 7) is 1.79. The fraction of sp³-hybridized carbons (Fsp3) is 0.643. The van der Waals surface area contributed by atoms with Crippen molar-refractivity contribution in [1.82, 2.24) is 14.5 Å². The molecule has 2 aliphatic heterocycles. The summed E-state index contributed by atoms with van der Waals surface area (Å²) in [6, 6.07) is 0. The molecule has 1 unspecified atom stereocenters. The maximum atomic E-state index is 12.3. The topological polar surface area (TPSA) is 84.7 Å². The first-order chi connectivity index (χ1) is 10.1. The SMILES string of the molecule is O=C(O)C1CN(C(=O)Cc2cn3c(n2)CCCC3)CCO1. The van der Waals surface area contributed by atoms with Gasteiger partial charge in [0.05, 0.1) is 25.3 Å². The maximum absolute atomic E-state index is 12.3. The number of carboxylic acid groups (broad SMARTS) is 1. The van der Waals surface area contributed by atoms with Gasteiger partial charge in [-0.2, -0.15) is 0 Å². The second-order valence-corrected chi connectivity index (χ2v) is 5.51. The van der Waals surface area contributed by atoms with Crippen LogP contribution in [0.4, 0.5) is 0 Å². The van der Waals surface area contributed by atoms with Gasteiger partial charge in [0.25, 0.3) is 0 Å². The van der Waals surface area contributed by atoms with Crippen LogP contribution in [-0.2, 0) is 33.7 Å². The smallest absolute Gasteiger partial charge is 0.334 e. The van der Waals surface area contributed by atoms with Gasteiger partial charge in [0.1, 0.15) is 5.82 Å². The Morgan fingerprint density at radius 3 is 3.00 bits per heavy atom. The van der Waals surface area contributed by atoms with E-state index in [1.165, 1.54) is 0 Å². The summed E-state index contributed by atoms with van der Waals surface area (Å²) in [5.74, 6) is -0.0561. The Balaban J connectivity index is 1.63. The van der Waals surface area contributed by atoms with Crippen molar-refractivity contribution in [3.05, 3.63) is 17.7 Å². The number of carboxylic acids is 1. The molecule has 0 radical (unpaired) electrons. The highest BCUT2D eigenvalue weighted by atomic mass is 16.5. The van der Waals surface area contributed by atoms with Crippen molar-refractivity contribution in [1.29, 1.82) is 0 Å². The predicted octanol–water partition coefficient (Wildman–Crippen LogP) is 0.0739. The van der Waals surface area contributed by atoms with Crippen molar-refractivity contribution in [3.8, 4) is 0 Å². The van der Waals surface area contributed by atoms with Gasteiger partial charge in [0.2, 0.25) is 5.91 Å². The first kappa shape index (κ1) is 14.1. The Bertz CT molecular complexity index is 531. The minimum atomic E-state index is -1.02. The third-order valence-electron chi connectivity index (χ3n) is 3.99. The molecule has 7 heteroatoms. The largest absolute Gasteiger partial charge is 0.479 e. The standard InChI is InChI=1S/C14H19N3O4/c18-13(17-5-6-21-11(9-17)14(19)20)7-10-8-16-4-2-1-3-12(16)15-10/h8,11H,1-7,9H2,(H,19,20). The molecule has 1 amide bonds. The lowest BCUT2D eigenvalue weighted by Crippen LogP contribution is -2.49. The monoisotopic (exact) mass is 293 g/mol. The second kappa shape index (κ2) is 5.85. The van der Waals surface area contributed by atoms with E-state index < -0.39 is 12.1 Å². The Hall–Kier alpha value is -1.89. The molecule has 1 saturated heterocycles. The predicted molar refractivity (Wildman–Crippen MR) is 72.8 cm³/mol. The molecule has 3 heterocycles. The van der Waals surface area contributed by atoms with Crippen LogP contribution < -0.4 is 0 Å². The molecule has 1 N–H and O–H groups in total. The normalized spacial score (nSPS) is 21.9. The summed E-state index contributed by atoms with van der Waals surface area (Å²) in [5.41, 5.74) is 0.773. The fourth-order valence-electron chi connectivity index (χ4n) is 2.85. The molecule has 7 nitrogen and oxygen atoms in total. The third kappa shape index (κ3) is 3.07. The molecule has 1 aromatic heterocycles. The van der Waals surface area contributed by atoms with Crippen molar-refractivity contribution >= 4 is 11.9 Å². The van der Waals surface area contributed by atoms with E-state index >= 15 is 0 Å². The minimum absolute atomic E-state index is 0.0833. The number of aliphatic carboxylic acids is 1. The molecule has 0 spiro atoms. The molecule has 1 fully saturated rings. The Kier molecular flexibility index (Phi) is 3.92. The molecule has 0 aromatic carbocycles. The number of amides is 1. The molecule has 1 atom stereocenters. The van der Waals surface area contributed by atoms with Crippen LogP contribution in [0.2, 0.25) is 0 Å². The summed E-state index contributed by atoms with van der Waals surface area (Å²) in [5, 5.41) is 8.96. The van der Waals surface area contributed by atoms with Crippen molar-refractivity contribution in [2.75, 3.05) is 19.7 Å². The van der Waals surface area contributed by atoms with Gasteiger partial charge in [-0.3, -0.25) is 4.79 Å². The number of fused-ring (bicyclic) bond motifs is 1. The number of ether oxygens (including phenoxy) is 1. The van der Waals surface area contributed by atoms with Crippen molar-refractivity contribution in [2.45, 2.75) is 38.3 Å². The number of hydrogen-bond donors (Lipinski definition) is 1. The average Bonchev–Trinajstić information content (AvgIpc) is 2.89. The number of morpholine rings is 1. The van der Waals surface area contributed by atoms with Gasteiger partial charge in [-0.1, -0.05) is 0 Å². The maximum Gasteiger partial charge on any atom is 0.334 e. The van der Waals surface area contributed by atoms with Gasteiger partial charge < -0.3 is 19.3 Å². The van der Waals surface area contributed by atoms with Crippen LogP contribution >= 0.6 is 0 Å². The van der Waals surface area contributed by atoms with Gasteiger partial charge in [-0.15, -0.1) is 0 Å². The zero-order valence-corrected chi connectivity index (χ0v) is 11.8. The number of aromatic nitrogens is 2. The first-order valence-corrected chi connectivity index (χ1v) is 7.30. The summed E-state index contributed by atoms with van der Waals surface area (Å²) in [6.07, 6.45) is 4.52. The van der Waals surface area contributed by atoms with Gasteiger partial charge in [0, 0.05) is 25.7 Å². The number of imidazole rings is 1. The van der Waals surface area contributed by atoms with Crippen LogP contribution in [0.15, 0.2) is 6.20 Å². The second-order valence-electron chi connectivity index (χ2n) is 5.51. The highest BCUT2D eigenvalue weighted by molar-refractivity contribution is 5.80. The van der Waals surface area contributed by atoms with E-state index in [1.54, 1.807) is 4.90 Å². The van der Waals surface area contributed by atoms with Gasteiger partial charge in [-0.25, -0.2) is 9.78 Å². The number of nitrogens with zero attached hydrogens (tertiary/aromatic N) is 3. The number of rotatable bonds is 3. The molecule has 3 rings (SSSR count). The Labute approximate surface area is 122 Å². The number of aryl methyl sites for hydroxylation is 2. The van der Waals surface area contributed by atoms with Crippen molar-refractivity contribution in [3.63, 3.8) is 0 Å². The molecular formula is C14H19N3O4. The molecule has 1 aromatic rings. The van der Waals surface area contributed by atoms with E-state index in [0.717, 1.165) is 37.3 Å². The summed E-state index contributed by atoms with van der Waals surface area (Å²) >= 11 is 0. The van der Waals surface area contributed by atoms with E-state index in [1.807, 2.05) is 6.20 Å². The van der Waals surface area contributed by atoms with Gasteiger partial charge in [-0.05, 0) is 12.8 Å². The molecule has 114 valence electrons. The average molecular weight is 293 g/mol. The van der Waals surface area contributed by atoms with Crippen LogP contribution in [0, 0.1) is 0 Å². The van der Waals surface area contributed by atoms with Crippen LogP contribution in [0.25, 0.3) is 0 Å². The summed E-state index contributed by atoms with van der Waals surface area (Å²) in [7, 11) is 0. The molecule has 0 bridgehead atoms. The molecule has 21 heavy (non-hydrogen) atoms. The molecule has 0 aliphatic carbocycles. The van der Waals surface area contributed by atoms with Crippen LogP contribution in [0.3, 0.4) is 0 Å². The molecular weight excluding hydrogens is 274 g/mol. The highest BCUT2D eigenvalue weighted by Crippen LogP contribution is 2.16. The van der Waals surface area contributed by atoms with Gasteiger partial charge >= 0.3 is 5.97 Å². The van der Waals surface area contributed by atoms with E-state index in [4.69, 9.17) is 9.84 Å². The highest BCUT2D eigenvalue weighted by Gasteiger charge is 2.29. The lowest BCUT2D eigenvalue weighted by molar-refractivity contribution is -0.159. The lowest BCUT2D eigenvalue weighted by Gasteiger charge is -2.30. The minimum Gasteiger partial charge on any atom is -0.479 e. The number of hydrogen-bond acceptors (Lipinski definition) is 4. The fourth-order valence-corrected chi connectivity index (χ4v) is 2.85. The lowest BCUT2D eigenvalue weighted by atomic mass is 10.2. The van der Waals surface area contributed by atoms with E-state index in [9.17, 15) is 9.59 Å². The summed E-state index contributed by atoms with van der Waals surface area (Å²) < 4.78 is 7.24. The van der Waals surface area contributed by atoms with Crippen LogP contribution in [0.5, 0.6) is 0 Å². The summed E-state index contributed by atoms with van der Waals surface area (Å²) in [4.78, 5) is 29.3. The molecule has 2 aliphatic rings. The van der Waals surface area contributed by atoms with Crippen molar-refractivity contribution < 1.29 is 19.4 Å². The zero-order chi connectivity index (χ0) is 14.8. The number of carbonyl (C=O) groups excluding carboxylic acids is 1. The molecule has 0 saturated carbocycles. The zero-order valence-electron chi connectivity index (χ0n) is 11.8. The Morgan fingerprint density at radius 1 is 1.38 bits per heavy atom.